The van der Waals surface area contributed by atoms with Gasteiger partial charge in [0.05, 0.1) is 5.69 Å². The van der Waals surface area contributed by atoms with Gasteiger partial charge in [0.1, 0.15) is 0 Å². The van der Waals surface area contributed by atoms with Gasteiger partial charge in [-0.3, -0.25) is 4.79 Å². The van der Waals surface area contributed by atoms with E-state index in [-0.39, 0.29) is 5.69 Å². The van der Waals surface area contributed by atoms with Gasteiger partial charge in [0, 0.05) is 21.2 Å². The maximum absolute atomic E-state index is 12.0. The van der Waals surface area contributed by atoms with Crippen molar-refractivity contribution in [2.45, 2.75) is 6.18 Å². The van der Waals surface area contributed by atoms with E-state index in [4.69, 9.17) is 5.53 Å². The Bertz CT molecular complexity index is 405. The van der Waals surface area contributed by atoms with Crippen LogP contribution in [0.25, 0.3) is 10.4 Å². The number of nitrogens with zero attached hydrogens (tertiary/aromatic N) is 3. The van der Waals surface area contributed by atoms with Crippen LogP contribution in [0, 0.1) is 0 Å². The summed E-state index contributed by atoms with van der Waals surface area (Å²) >= 11 is 0.865. The molecule has 0 aliphatic heterocycles. The Hall–Kier alpha value is -1.53. The van der Waals surface area contributed by atoms with Crippen molar-refractivity contribution in [3.05, 3.63) is 26.8 Å². The summed E-state index contributed by atoms with van der Waals surface area (Å²) in [6, 6.07) is 0. The number of ketones is 1. The van der Waals surface area contributed by atoms with Gasteiger partial charge in [-0.05, 0) is 5.53 Å². The van der Waals surface area contributed by atoms with Crippen LogP contribution in [0.1, 0.15) is 10.4 Å². The molecule has 0 saturated carbocycles. The molecule has 0 fully saturated rings. The van der Waals surface area contributed by atoms with E-state index in [1.807, 2.05) is 0 Å². The average molecular weight is 221 g/mol. The van der Waals surface area contributed by atoms with Crippen molar-refractivity contribution in [2.24, 2.45) is 5.11 Å². The normalized spacial score (nSPS) is 10.8. The molecule has 0 atom stereocenters. The molecule has 74 valence electrons. The summed E-state index contributed by atoms with van der Waals surface area (Å²) in [6.07, 6.45) is -4.94. The first-order chi connectivity index (χ1) is 6.46. The molecule has 0 aliphatic carbocycles. The summed E-state index contributed by atoms with van der Waals surface area (Å²) in [5, 5.41) is 5.15. The Morgan fingerprint density at radius 2 is 2.14 bits per heavy atom. The van der Waals surface area contributed by atoms with Crippen molar-refractivity contribution in [1.82, 2.24) is 0 Å². The van der Waals surface area contributed by atoms with Crippen molar-refractivity contribution in [2.75, 3.05) is 0 Å². The number of thiophene rings is 1. The van der Waals surface area contributed by atoms with Gasteiger partial charge in [-0.25, -0.2) is 0 Å². The zero-order valence-electron chi connectivity index (χ0n) is 6.45. The Morgan fingerprint density at radius 3 is 2.64 bits per heavy atom. The Labute approximate surface area is 79.6 Å². The van der Waals surface area contributed by atoms with Crippen molar-refractivity contribution >= 4 is 22.8 Å². The van der Waals surface area contributed by atoms with E-state index in [9.17, 15) is 18.0 Å². The standard InChI is InChI=1S/C6H2F3N3OS/c7-6(8,9)5(13)3-1-14-2-4(3)11-12-10/h1-2H. The lowest BCUT2D eigenvalue weighted by Gasteiger charge is -2.03. The van der Waals surface area contributed by atoms with E-state index >= 15 is 0 Å². The Kier molecular flexibility index (Phi) is 2.78. The summed E-state index contributed by atoms with van der Waals surface area (Å²) in [5.74, 6) is -2.00. The van der Waals surface area contributed by atoms with Gasteiger partial charge in [0.25, 0.3) is 5.78 Å². The molecular weight excluding hydrogens is 219 g/mol. The maximum atomic E-state index is 12.0. The van der Waals surface area contributed by atoms with Crippen molar-refractivity contribution in [3.8, 4) is 0 Å². The van der Waals surface area contributed by atoms with E-state index in [1.54, 1.807) is 0 Å². The molecule has 1 aromatic heterocycles. The molecule has 0 amide bonds. The minimum atomic E-state index is -4.94. The predicted molar refractivity (Wildman–Crippen MR) is 43.5 cm³/mol. The number of hydrogen-bond donors (Lipinski definition) is 0. The summed E-state index contributed by atoms with van der Waals surface area (Å²) in [7, 11) is 0. The number of carbonyl (C=O) groups excluding carboxylic acids is 1. The number of carbonyl (C=O) groups is 1. The summed E-state index contributed by atoms with van der Waals surface area (Å²) in [6.45, 7) is 0. The van der Waals surface area contributed by atoms with Crippen molar-refractivity contribution in [1.29, 1.82) is 0 Å². The van der Waals surface area contributed by atoms with Crippen LogP contribution in [0.4, 0.5) is 18.9 Å². The minimum Gasteiger partial charge on any atom is -0.284 e. The second-order valence-electron chi connectivity index (χ2n) is 2.19. The number of rotatable bonds is 2. The molecule has 4 nitrogen and oxygen atoms in total. The molecule has 8 heteroatoms. The van der Waals surface area contributed by atoms with Gasteiger partial charge in [-0.2, -0.15) is 24.5 Å². The molecule has 14 heavy (non-hydrogen) atoms. The highest BCUT2D eigenvalue weighted by Gasteiger charge is 2.40. The smallest absolute Gasteiger partial charge is 0.284 e. The van der Waals surface area contributed by atoms with E-state index in [0.29, 0.717) is 0 Å². The zero-order valence-corrected chi connectivity index (χ0v) is 7.26. The highest BCUT2D eigenvalue weighted by atomic mass is 32.1. The Balaban J connectivity index is 3.14. The first-order valence-corrected chi connectivity index (χ1v) is 4.14. The second-order valence-corrected chi connectivity index (χ2v) is 2.93. The quantitative estimate of drug-likeness (QED) is 0.326. The van der Waals surface area contributed by atoms with Crippen LogP contribution in [-0.2, 0) is 0 Å². The van der Waals surface area contributed by atoms with Crippen LogP contribution in [0.3, 0.4) is 0 Å². The van der Waals surface area contributed by atoms with Gasteiger partial charge >= 0.3 is 6.18 Å². The fourth-order valence-corrected chi connectivity index (χ4v) is 1.47. The first kappa shape index (κ1) is 10.6. The lowest BCUT2D eigenvalue weighted by molar-refractivity contribution is -0.0884. The van der Waals surface area contributed by atoms with Crippen LogP contribution < -0.4 is 0 Å². The van der Waals surface area contributed by atoms with Gasteiger partial charge in [-0.15, -0.1) is 0 Å². The molecule has 0 bridgehead atoms. The molecule has 0 radical (unpaired) electrons. The summed E-state index contributed by atoms with van der Waals surface area (Å²) in [5.41, 5.74) is 7.11. The summed E-state index contributed by atoms with van der Waals surface area (Å²) in [4.78, 5) is 13.0. The fraction of sp³-hybridized carbons (Fsp3) is 0.167. The lowest BCUT2D eigenvalue weighted by atomic mass is 10.2. The number of azide groups is 1. The van der Waals surface area contributed by atoms with Crippen LogP contribution in [0.15, 0.2) is 15.9 Å². The molecule has 1 aromatic rings. The third-order valence-corrected chi connectivity index (χ3v) is 2.03. The lowest BCUT2D eigenvalue weighted by Crippen LogP contribution is -2.22. The topological polar surface area (TPSA) is 65.8 Å². The molecule has 1 rings (SSSR count). The monoisotopic (exact) mass is 221 g/mol. The maximum Gasteiger partial charge on any atom is 0.454 e. The SMILES string of the molecule is [N-]=[N+]=Nc1cscc1C(=O)C(F)(F)F. The van der Waals surface area contributed by atoms with Gasteiger partial charge in [-0.1, -0.05) is 5.11 Å². The van der Waals surface area contributed by atoms with Gasteiger partial charge in [0.2, 0.25) is 0 Å². The van der Waals surface area contributed by atoms with Crippen LogP contribution in [0.5, 0.6) is 0 Å². The Morgan fingerprint density at radius 1 is 1.50 bits per heavy atom. The van der Waals surface area contributed by atoms with Gasteiger partial charge in [0.15, 0.2) is 0 Å². The molecular formula is C6H2F3N3OS. The van der Waals surface area contributed by atoms with Crippen LogP contribution >= 0.6 is 11.3 Å². The molecule has 1 heterocycles. The van der Waals surface area contributed by atoms with E-state index < -0.39 is 17.5 Å². The van der Waals surface area contributed by atoms with E-state index in [2.05, 4.69) is 10.0 Å². The van der Waals surface area contributed by atoms with E-state index in [0.717, 1.165) is 16.7 Å². The largest absolute Gasteiger partial charge is 0.454 e. The van der Waals surface area contributed by atoms with Crippen LogP contribution in [-0.4, -0.2) is 12.0 Å². The molecule has 0 aliphatic rings. The van der Waals surface area contributed by atoms with Crippen LogP contribution in [0.2, 0.25) is 0 Å². The fourth-order valence-electron chi connectivity index (χ4n) is 0.739. The van der Waals surface area contributed by atoms with Gasteiger partial charge < -0.3 is 0 Å². The third-order valence-electron chi connectivity index (χ3n) is 1.30. The summed E-state index contributed by atoms with van der Waals surface area (Å²) < 4.78 is 35.9. The van der Waals surface area contributed by atoms with Crippen molar-refractivity contribution in [3.63, 3.8) is 0 Å². The number of alkyl halides is 3. The third kappa shape index (κ3) is 2.04. The second kappa shape index (κ2) is 3.69. The number of hydrogen-bond acceptors (Lipinski definition) is 3. The highest BCUT2D eigenvalue weighted by molar-refractivity contribution is 7.08. The van der Waals surface area contributed by atoms with Crippen molar-refractivity contribution < 1.29 is 18.0 Å². The molecule has 0 aromatic carbocycles. The highest BCUT2D eigenvalue weighted by Crippen LogP contribution is 2.30. The molecule has 0 unspecified atom stereocenters. The predicted octanol–water partition coefficient (Wildman–Crippen LogP) is 3.43. The number of halogens is 3. The average Bonchev–Trinajstić information content (AvgIpc) is 2.50. The van der Waals surface area contributed by atoms with E-state index in [1.165, 1.54) is 5.38 Å². The zero-order chi connectivity index (χ0) is 10.8. The minimum absolute atomic E-state index is 0.292. The molecule has 0 N–H and O–H groups in total. The number of Topliss-reactive ketones (excluding diaryl/α,β-unsaturated/α-hetero) is 1. The first-order valence-electron chi connectivity index (χ1n) is 3.19. The molecule has 0 spiro atoms. The molecule has 0 saturated heterocycles.